The normalized spacial score (nSPS) is 11.9. The van der Waals surface area contributed by atoms with Crippen molar-refractivity contribution in [3.63, 3.8) is 0 Å². The molecule has 5 nitrogen and oxygen atoms in total. The van der Waals surface area contributed by atoms with Gasteiger partial charge in [0, 0.05) is 17.7 Å². The first-order valence-electron chi connectivity index (χ1n) is 11.0. The van der Waals surface area contributed by atoms with Crippen LogP contribution in [0.1, 0.15) is 33.2 Å². The van der Waals surface area contributed by atoms with Crippen LogP contribution < -0.4 is 14.8 Å². The van der Waals surface area contributed by atoms with Gasteiger partial charge < -0.3 is 14.8 Å². The molecule has 0 aliphatic carbocycles. The maximum Gasteiger partial charge on any atom is 0.266 e. The molecule has 5 rings (SSSR count). The van der Waals surface area contributed by atoms with Crippen LogP contribution in [-0.4, -0.2) is 12.2 Å². The van der Waals surface area contributed by atoms with Crippen LogP contribution in [0.15, 0.2) is 109 Å². The van der Waals surface area contributed by atoms with Gasteiger partial charge in [-0.2, -0.15) is 0 Å². The Labute approximate surface area is 199 Å². The quantitative estimate of drug-likeness (QED) is 0.376. The number of aldehydes is 1. The Kier molecular flexibility index (Phi) is 7.70. The molecule has 0 spiro atoms. The molecular weight excluding hydrogens is 426 g/mol. The molecule has 1 aliphatic heterocycles. The van der Waals surface area contributed by atoms with E-state index in [1.165, 1.54) is 5.56 Å². The van der Waals surface area contributed by atoms with Crippen molar-refractivity contribution in [1.29, 1.82) is 0 Å². The Bertz CT molecular complexity index is 1200. The molecule has 1 unspecified atom stereocenters. The highest BCUT2D eigenvalue weighted by atomic mass is 16.5. The van der Waals surface area contributed by atoms with Crippen molar-refractivity contribution in [2.75, 3.05) is 0 Å². The van der Waals surface area contributed by atoms with Gasteiger partial charge in [0.1, 0.15) is 18.1 Å². The molecule has 170 valence electrons. The molecule has 1 amide bonds. The highest BCUT2D eigenvalue weighted by Gasteiger charge is 2.23. The number of amides is 1. The Morgan fingerprint density at radius 1 is 0.853 bits per heavy atom. The van der Waals surface area contributed by atoms with Crippen molar-refractivity contribution in [2.45, 2.75) is 19.3 Å². The van der Waals surface area contributed by atoms with E-state index < -0.39 is 6.10 Å². The van der Waals surface area contributed by atoms with Crippen LogP contribution in [0.3, 0.4) is 0 Å². The third-order valence-corrected chi connectivity index (χ3v) is 5.30. The fourth-order valence-corrected chi connectivity index (χ4v) is 3.43. The van der Waals surface area contributed by atoms with Gasteiger partial charge in [-0.1, -0.05) is 91.0 Å². The monoisotopic (exact) mass is 451 g/mol. The first kappa shape index (κ1) is 22.8. The molecule has 4 aromatic rings. The SMILES string of the molecule is O=Cc1ccccc1OC(C(=O)NCc1ccccc1)c1ccccc1.c1ccc2c(c1)CO2. The molecule has 0 fully saturated rings. The van der Waals surface area contributed by atoms with Crippen molar-refractivity contribution in [2.24, 2.45) is 0 Å². The molecule has 0 saturated heterocycles. The second-order valence-electron chi connectivity index (χ2n) is 7.66. The van der Waals surface area contributed by atoms with E-state index in [1.54, 1.807) is 24.3 Å². The smallest absolute Gasteiger partial charge is 0.266 e. The number of hydrogen-bond donors (Lipinski definition) is 1. The van der Waals surface area contributed by atoms with Crippen LogP contribution in [0, 0.1) is 0 Å². The molecule has 0 bridgehead atoms. The van der Waals surface area contributed by atoms with Gasteiger partial charge in [0.2, 0.25) is 6.10 Å². The minimum Gasteiger partial charge on any atom is -0.488 e. The summed E-state index contributed by atoms with van der Waals surface area (Å²) in [6, 6.07) is 33.8. The Morgan fingerprint density at radius 3 is 2.12 bits per heavy atom. The number of ether oxygens (including phenoxy) is 2. The molecule has 1 N–H and O–H groups in total. The molecule has 0 aromatic heterocycles. The van der Waals surface area contributed by atoms with Gasteiger partial charge in [-0.15, -0.1) is 0 Å². The highest BCUT2D eigenvalue weighted by Crippen LogP contribution is 2.27. The van der Waals surface area contributed by atoms with Crippen molar-refractivity contribution >= 4 is 12.2 Å². The Morgan fingerprint density at radius 2 is 1.50 bits per heavy atom. The van der Waals surface area contributed by atoms with Crippen LogP contribution in [0.25, 0.3) is 0 Å². The van der Waals surface area contributed by atoms with E-state index >= 15 is 0 Å². The van der Waals surface area contributed by atoms with Gasteiger partial charge >= 0.3 is 0 Å². The zero-order chi connectivity index (χ0) is 23.6. The summed E-state index contributed by atoms with van der Waals surface area (Å²) in [4.78, 5) is 24.0. The van der Waals surface area contributed by atoms with E-state index in [4.69, 9.17) is 9.47 Å². The lowest BCUT2D eigenvalue weighted by Gasteiger charge is -2.20. The summed E-state index contributed by atoms with van der Waals surface area (Å²) >= 11 is 0. The molecule has 0 saturated carbocycles. The third kappa shape index (κ3) is 5.90. The third-order valence-electron chi connectivity index (χ3n) is 5.30. The van der Waals surface area contributed by atoms with E-state index in [1.807, 2.05) is 78.9 Å². The molecule has 4 aromatic carbocycles. The van der Waals surface area contributed by atoms with E-state index in [-0.39, 0.29) is 5.91 Å². The number of carbonyl (C=O) groups is 2. The fraction of sp³-hybridized carbons (Fsp3) is 0.103. The minimum atomic E-state index is -0.846. The Hall–Kier alpha value is -4.38. The largest absolute Gasteiger partial charge is 0.488 e. The van der Waals surface area contributed by atoms with Crippen LogP contribution in [-0.2, 0) is 17.9 Å². The standard InChI is InChI=1S/C22H19NO3.C7H6O/c24-16-19-13-7-8-14-20(19)26-21(18-11-5-2-6-12-18)22(25)23-15-17-9-3-1-4-10-17;1-2-4-7-6(3-1)5-8-7/h1-14,16,21H,15H2,(H,23,25);1-4H,5H2. The summed E-state index contributed by atoms with van der Waals surface area (Å²) in [5.41, 5.74) is 3.46. The highest BCUT2D eigenvalue weighted by molar-refractivity contribution is 5.84. The van der Waals surface area contributed by atoms with E-state index in [9.17, 15) is 9.59 Å². The van der Waals surface area contributed by atoms with Crippen LogP contribution in [0.4, 0.5) is 0 Å². The molecule has 34 heavy (non-hydrogen) atoms. The summed E-state index contributed by atoms with van der Waals surface area (Å²) in [5.74, 6) is 1.17. The van der Waals surface area contributed by atoms with Crippen LogP contribution in [0.5, 0.6) is 11.5 Å². The summed E-state index contributed by atoms with van der Waals surface area (Å²) in [6.45, 7) is 1.21. The lowest BCUT2D eigenvalue weighted by Crippen LogP contribution is -2.32. The molecule has 5 heteroatoms. The predicted octanol–water partition coefficient (Wildman–Crippen LogP) is 5.51. The van der Waals surface area contributed by atoms with Gasteiger partial charge in [-0.05, 0) is 23.8 Å². The molecule has 0 radical (unpaired) electrons. The van der Waals surface area contributed by atoms with E-state index in [0.717, 1.165) is 29.8 Å². The average Bonchev–Trinajstić information content (AvgIpc) is 2.88. The van der Waals surface area contributed by atoms with Crippen molar-refractivity contribution < 1.29 is 19.1 Å². The predicted molar refractivity (Wildman–Crippen MR) is 131 cm³/mol. The van der Waals surface area contributed by atoms with Crippen LogP contribution in [0.2, 0.25) is 0 Å². The maximum atomic E-state index is 12.8. The van der Waals surface area contributed by atoms with Gasteiger partial charge in [-0.25, -0.2) is 0 Å². The van der Waals surface area contributed by atoms with Gasteiger partial charge in [0.05, 0.1) is 5.56 Å². The minimum absolute atomic E-state index is 0.263. The number of fused-ring (bicyclic) bond motifs is 1. The summed E-state index contributed by atoms with van der Waals surface area (Å²) in [7, 11) is 0. The van der Waals surface area contributed by atoms with Gasteiger partial charge in [0.15, 0.2) is 6.29 Å². The number of carbonyl (C=O) groups excluding carboxylic acids is 2. The topological polar surface area (TPSA) is 64.6 Å². The van der Waals surface area contributed by atoms with Crippen LogP contribution >= 0.6 is 0 Å². The zero-order valence-corrected chi connectivity index (χ0v) is 18.6. The second kappa shape index (κ2) is 11.5. The molecule has 1 atom stereocenters. The average molecular weight is 452 g/mol. The zero-order valence-electron chi connectivity index (χ0n) is 18.6. The summed E-state index contributed by atoms with van der Waals surface area (Å²) in [5, 5.41) is 2.90. The molecule has 1 aliphatic rings. The van der Waals surface area contributed by atoms with Gasteiger partial charge in [0.25, 0.3) is 5.91 Å². The van der Waals surface area contributed by atoms with Gasteiger partial charge in [-0.3, -0.25) is 9.59 Å². The number of para-hydroxylation sites is 2. The summed E-state index contributed by atoms with van der Waals surface area (Å²) < 4.78 is 11.0. The van der Waals surface area contributed by atoms with Crippen molar-refractivity contribution in [3.05, 3.63) is 131 Å². The molecule has 1 heterocycles. The lowest BCUT2D eigenvalue weighted by atomic mass is 10.1. The van der Waals surface area contributed by atoms with E-state index in [0.29, 0.717) is 17.9 Å². The summed E-state index contributed by atoms with van der Waals surface area (Å²) in [6.07, 6.45) is -0.125. The number of benzene rings is 4. The second-order valence-corrected chi connectivity index (χ2v) is 7.66. The number of hydrogen-bond acceptors (Lipinski definition) is 4. The molecular formula is C29H25NO4. The van der Waals surface area contributed by atoms with E-state index in [2.05, 4.69) is 11.4 Å². The fourth-order valence-electron chi connectivity index (χ4n) is 3.43. The maximum absolute atomic E-state index is 12.8. The van der Waals surface area contributed by atoms with Crippen molar-refractivity contribution in [1.82, 2.24) is 5.32 Å². The van der Waals surface area contributed by atoms with Crippen molar-refractivity contribution in [3.8, 4) is 11.5 Å². The number of nitrogens with one attached hydrogen (secondary N) is 1. The first-order chi connectivity index (χ1) is 16.7. The number of rotatable bonds is 7. The Balaban J connectivity index is 0.000000285. The lowest BCUT2D eigenvalue weighted by molar-refractivity contribution is -0.128. The first-order valence-corrected chi connectivity index (χ1v) is 11.0.